The van der Waals surface area contributed by atoms with Crippen LogP contribution in [0.15, 0.2) is 18.2 Å². The van der Waals surface area contributed by atoms with E-state index in [9.17, 15) is 5.11 Å². The number of benzene rings is 1. The molecular formula is C12H17NO2. The molecule has 0 atom stereocenters. The number of hydrogen-bond donors (Lipinski definition) is 2. The van der Waals surface area contributed by atoms with E-state index in [1.807, 2.05) is 18.2 Å². The lowest BCUT2D eigenvalue weighted by Crippen LogP contribution is -2.22. The lowest BCUT2D eigenvalue weighted by molar-refractivity contribution is 0.0451. The van der Waals surface area contributed by atoms with E-state index < -0.39 is 5.60 Å². The molecule has 3 heteroatoms. The second kappa shape index (κ2) is 3.74. The average Bonchev–Trinajstić information content (AvgIpc) is 2.66. The van der Waals surface area contributed by atoms with Crippen molar-refractivity contribution in [3.63, 3.8) is 0 Å². The topological polar surface area (TPSA) is 55.5 Å². The SMILES string of the molecule is COc1cccc(C2(O)CCCC2)c1N. The molecule has 0 aromatic heterocycles. The molecule has 2 rings (SSSR count). The fraction of sp³-hybridized carbons (Fsp3) is 0.500. The van der Waals surface area contributed by atoms with E-state index in [0.29, 0.717) is 11.4 Å². The van der Waals surface area contributed by atoms with Crippen LogP contribution in [0.2, 0.25) is 0 Å². The standard InChI is InChI=1S/C12H17NO2/c1-15-10-6-4-5-9(11(10)13)12(14)7-2-3-8-12/h4-6,14H,2-3,7-8,13H2,1H3. The molecule has 1 aliphatic carbocycles. The Balaban J connectivity index is 2.43. The molecule has 82 valence electrons. The van der Waals surface area contributed by atoms with Crippen molar-refractivity contribution >= 4 is 5.69 Å². The van der Waals surface area contributed by atoms with E-state index in [0.717, 1.165) is 31.2 Å². The number of hydrogen-bond acceptors (Lipinski definition) is 3. The summed E-state index contributed by atoms with van der Waals surface area (Å²) in [6.45, 7) is 0. The largest absolute Gasteiger partial charge is 0.495 e. The molecule has 1 aromatic rings. The number of aliphatic hydroxyl groups is 1. The minimum Gasteiger partial charge on any atom is -0.495 e. The summed E-state index contributed by atoms with van der Waals surface area (Å²) in [4.78, 5) is 0. The van der Waals surface area contributed by atoms with Gasteiger partial charge in [0.25, 0.3) is 0 Å². The van der Waals surface area contributed by atoms with Crippen molar-refractivity contribution in [2.75, 3.05) is 12.8 Å². The lowest BCUT2D eigenvalue weighted by atomic mass is 9.90. The van der Waals surface area contributed by atoms with Gasteiger partial charge in [0.1, 0.15) is 5.75 Å². The van der Waals surface area contributed by atoms with Gasteiger partial charge >= 0.3 is 0 Å². The van der Waals surface area contributed by atoms with Crippen LogP contribution in [0.25, 0.3) is 0 Å². The third-order valence-electron chi connectivity index (χ3n) is 3.22. The van der Waals surface area contributed by atoms with Gasteiger partial charge in [0.15, 0.2) is 0 Å². The van der Waals surface area contributed by atoms with Crippen molar-refractivity contribution in [2.45, 2.75) is 31.3 Å². The molecule has 1 saturated carbocycles. The molecule has 3 nitrogen and oxygen atoms in total. The monoisotopic (exact) mass is 207 g/mol. The molecule has 0 saturated heterocycles. The van der Waals surface area contributed by atoms with Gasteiger partial charge in [-0.2, -0.15) is 0 Å². The first-order chi connectivity index (χ1) is 7.17. The molecule has 1 aromatic carbocycles. The van der Waals surface area contributed by atoms with Crippen LogP contribution < -0.4 is 10.5 Å². The molecule has 15 heavy (non-hydrogen) atoms. The van der Waals surface area contributed by atoms with Crippen LogP contribution >= 0.6 is 0 Å². The minimum absolute atomic E-state index is 0.574. The number of nitrogens with two attached hydrogens (primary N) is 1. The Morgan fingerprint density at radius 2 is 2.00 bits per heavy atom. The molecule has 0 aliphatic heterocycles. The van der Waals surface area contributed by atoms with E-state index in [1.54, 1.807) is 7.11 Å². The van der Waals surface area contributed by atoms with Crippen molar-refractivity contribution in [1.82, 2.24) is 0 Å². The molecule has 0 unspecified atom stereocenters. The summed E-state index contributed by atoms with van der Waals surface area (Å²) in [5.74, 6) is 0.646. The first-order valence-electron chi connectivity index (χ1n) is 5.33. The predicted octanol–water partition coefficient (Wildman–Crippen LogP) is 2.04. The van der Waals surface area contributed by atoms with Gasteiger partial charge in [-0.25, -0.2) is 0 Å². The van der Waals surface area contributed by atoms with Crippen molar-refractivity contribution in [3.8, 4) is 5.75 Å². The van der Waals surface area contributed by atoms with Crippen LogP contribution in [0.1, 0.15) is 31.2 Å². The third kappa shape index (κ3) is 1.67. The lowest BCUT2D eigenvalue weighted by Gasteiger charge is -2.25. The zero-order valence-corrected chi connectivity index (χ0v) is 8.99. The van der Waals surface area contributed by atoms with E-state index in [1.165, 1.54) is 0 Å². The highest BCUT2D eigenvalue weighted by Crippen LogP contribution is 2.43. The summed E-state index contributed by atoms with van der Waals surface area (Å²) in [5, 5.41) is 10.4. The maximum absolute atomic E-state index is 10.4. The van der Waals surface area contributed by atoms with Crippen LogP contribution in [0.3, 0.4) is 0 Å². The summed E-state index contributed by atoms with van der Waals surface area (Å²) in [6.07, 6.45) is 3.72. The van der Waals surface area contributed by atoms with Crippen LogP contribution in [0, 0.1) is 0 Å². The highest BCUT2D eigenvalue weighted by molar-refractivity contribution is 5.60. The Kier molecular flexibility index (Phi) is 2.57. The maximum Gasteiger partial charge on any atom is 0.142 e. The number of ether oxygens (including phenoxy) is 1. The summed E-state index contributed by atoms with van der Waals surface area (Å²) >= 11 is 0. The number of anilines is 1. The summed E-state index contributed by atoms with van der Waals surface area (Å²) in [7, 11) is 1.59. The number of methoxy groups -OCH3 is 1. The molecular weight excluding hydrogens is 190 g/mol. The Morgan fingerprint density at radius 3 is 2.60 bits per heavy atom. The van der Waals surface area contributed by atoms with E-state index in [4.69, 9.17) is 10.5 Å². The fourth-order valence-electron chi connectivity index (χ4n) is 2.36. The summed E-state index contributed by atoms with van der Waals surface area (Å²) in [5.41, 5.74) is 6.63. The van der Waals surface area contributed by atoms with Gasteiger partial charge in [0, 0.05) is 5.56 Å². The van der Waals surface area contributed by atoms with E-state index >= 15 is 0 Å². The second-order valence-electron chi connectivity index (χ2n) is 4.16. The zero-order valence-electron chi connectivity index (χ0n) is 8.99. The first-order valence-corrected chi connectivity index (χ1v) is 5.33. The maximum atomic E-state index is 10.4. The number of nitrogen functional groups attached to an aromatic ring is 1. The van der Waals surface area contributed by atoms with Crippen LogP contribution in [0.4, 0.5) is 5.69 Å². The number of rotatable bonds is 2. The fourth-order valence-corrected chi connectivity index (χ4v) is 2.36. The average molecular weight is 207 g/mol. The Bertz CT molecular complexity index is 357. The third-order valence-corrected chi connectivity index (χ3v) is 3.22. The minimum atomic E-state index is -0.737. The van der Waals surface area contributed by atoms with Gasteiger partial charge in [-0.05, 0) is 18.9 Å². The molecule has 1 fully saturated rings. The Hall–Kier alpha value is -1.22. The van der Waals surface area contributed by atoms with Gasteiger partial charge < -0.3 is 15.6 Å². The Labute approximate surface area is 89.9 Å². The molecule has 0 radical (unpaired) electrons. The highest BCUT2D eigenvalue weighted by Gasteiger charge is 2.35. The van der Waals surface area contributed by atoms with Crippen molar-refractivity contribution in [3.05, 3.63) is 23.8 Å². The van der Waals surface area contributed by atoms with Gasteiger partial charge in [-0.15, -0.1) is 0 Å². The van der Waals surface area contributed by atoms with Crippen LogP contribution in [0.5, 0.6) is 5.75 Å². The van der Waals surface area contributed by atoms with Gasteiger partial charge in [0.05, 0.1) is 18.4 Å². The van der Waals surface area contributed by atoms with Crippen LogP contribution in [-0.4, -0.2) is 12.2 Å². The molecule has 0 spiro atoms. The van der Waals surface area contributed by atoms with E-state index in [2.05, 4.69) is 0 Å². The highest BCUT2D eigenvalue weighted by atomic mass is 16.5. The molecule has 1 aliphatic rings. The first kappa shape index (κ1) is 10.3. The smallest absolute Gasteiger partial charge is 0.142 e. The summed E-state index contributed by atoms with van der Waals surface area (Å²) in [6, 6.07) is 5.58. The quantitative estimate of drug-likeness (QED) is 0.730. The molecule has 0 bridgehead atoms. The van der Waals surface area contributed by atoms with Crippen molar-refractivity contribution in [2.24, 2.45) is 0 Å². The van der Waals surface area contributed by atoms with Crippen LogP contribution in [-0.2, 0) is 5.60 Å². The second-order valence-corrected chi connectivity index (χ2v) is 4.16. The van der Waals surface area contributed by atoms with Gasteiger partial charge in [-0.1, -0.05) is 25.0 Å². The molecule has 0 heterocycles. The zero-order chi connectivity index (χ0) is 10.9. The van der Waals surface area contributed by atoms with Gasteiger partial charge in [-0.3, -0.25) is 0 Å². The predicted molar refractivity (Wildman–Crippen MR) is 59.8 cm³/mol. The number of para-hydroxylation sites is 1. The normalized spacial score (nSPS) is 19.1. The molecule has 0 amide bonds. The summed E-state index contributed by atoms with van der Waals surface area (Å²) < 4.78 is 5.15. The van der Waals surface area contributed by atoms with E-state index in [-0.39, 0.29) is 0 Å². The molecule has 3 N–H and O–H groups in total. The van der Waals surface area contributed by atoms with Crippen molar-refractivity contribution < 1.29 is 9.84 Å². The van der Waals surface area contributed by atoms with Crippen molar-refractivity contribution in [1.29, 1.82) is 0 Å². The van der Waals surface area contributed by atoms with Gasteiger partial charge in [0.2, 0.25) is 0 Å². The Morgan fingerprint density at radius 1 is 1.33 bits per heavy atom.